The predicted molar refractivity (Wildman–Crippen MR) is 101 cm³/mol. The fourth-order valence-electron chi connectivity index (χ4n) is 4.21. The highest BCUT2D eigenvalue weighted by Crippen LogP contribution is 2.37. The molecule has 0 bridgehead atoms. The fraction of sp³-hybridized carbons (Fsp3) is 0.818. The summed E-state index contributed by atoms with van der Waals surface area (Å²) < 4.78 is 0. The van der Waals surface area contributed by atoms with Crippen molar-refractivity contribution in [1.29, 1.82) is 0 Å². The average molecular weight is 305 g/mol. The van der Waals surface area contributed by atoms with Gasteiger partial charge in [0.1, 0.15) is 0 Å². The van der Waals surface area contributed by atoms with Crippen molar-refractivity contribution in [3.8, 4) is 0 Å². The van der Waals surface area contributed by atoms with E-state index in [2.05, 4.69) is 40.9 Å². The Labute approximate surface area is 140 Å². The van der Waals surface area contributed by atoms with Gasteiger partial charge in [-0.1, -0.05) is 90.5 Å². The van der Waals surface area contributed by atoms with Gasteiger partial charge in [-0.15, -0.1) is 0 Å². The first-order valence-electron chi connectivity index (χ1n) is 9.78. The Kier molecular flexibility index (Phi) is 9.13. The van der Waals surface area contributed by atoms with Gasteiger partial charge in [-0.25, -0.2) is 0 Å². The van der Waals surface area contributed by atoms with Crippen LogP contribution in [-0.4, -0.2) is 0 Å². The highest BCUT2D eigenvalue weighted by Gasteiger charge is 2.24. The second-order valence-electron chi connectivity index (χ2n) is 8.24. The zero-order chi connectivity index (χ0) is 16.5. The molecule has 0 heterocycles. The highest BCUT2D eigenvalue weighted by atomic mass is 14.3. The molecule has 1 rings (SSSR count). The molecule has 0 N–H and O–H groups in total. The lowest BCUT2D eigenvalue weighted by Crippen LogP contribution is -2.19. The summed E-state index contributed by atoms with van der Waals surface area (Å²) in [6.07, 6.45) is 13.6. The van der Waals surface area contributed by atoms with Crippen molar-refractivity contribution < 1.29 is 0 Å². The molecule has 0 radical (unpaired) electrons. The number of hydrogen-bond donors (Lipinski definition) is 0. The van der Waals surface area contributed by atoms with Crippen molar-refractivity contribution in [2.45, 2.75) is 91.9 Å². The summed E-state index contributed by atoms with van der Waals surface area (Å²) in [7, 11) is 0. The molecule has 1 aliphatic rings. The molecule has 0 spiro atoms. The molecule has 0 amide bonds. The van der Waals surface area contributed by atoms with Crippen LogP contribution in [0.15, 0.2) is 24.3 Å². The smallest absolute Gasteiger partial charge is 0.0197 e. The van der Waals surface area contributed by atoms with Crippen molar-refractivity contribution in [3.05, 3.63) is 24.3 Å². The third-order valence-corrected chi connectivity index (χ3v) is 5.56. The largest absolute Gasteiger partial charge is 0.0998 e. The van der Waals surface area contributed by atoms with Crippen molar-refractivity contribution in [3.63, 3.8) is 0 Å². The summed E-state index contributed by atoms with van der Waals surface area (Å²) >= 11 is 0. The normalized spacial score (nSPS) is 23.5. The van der Waals surface area contributed by atoms with E-state index in [-0.39, 0.29) is 0 Å². The van der Waals surface area contributed by atoms with Gasteiger partial charge in [0.2, 0.25) is 0 Å². The van der Waals surface area contributed by atoms with Crippen LogP contribution in [0.4, 0.5) is 0 Å². The average Bonchev–Trinajstić information content (AvgIpc) is 2.46. The molecular weight excluding hydrogens is 264 g/mol. The molecule has 0 nitrogen and oxygen atoms in total. The van der Waals surface area contributed by atoms with Gasteiger partial charge in [0.25, 0.3) is 0 Å². The molecule has 0 heteroatoms. The lowest BCUT2D eigenvalue weighted by atomic mass is 9.74. The zero-order valence-corrected chi connectivity index (χ0v) is 15.8. The number of rotatable bonds is 10. The number of hydrogen-bond acceptors (Lipinski definition) is 0. The van der Waals surface area contributed by atoms with Crippen LogP contribution >= 0.6 is 0 Å². The molecule has 1 aliphatic carbocycles. The van der Waals surface area contributed by atoms with Gasteiger partial charge in [-0.3, -0.25) is 0 Å². The minimum Gasteiger partial charge on any atom is -0.0998 e. The Morgan fingerprint density at radius 3 is 2.09 bits per heavy atom. The molecule has 0 aromatic rings. The summed E-state index contributed by atoms with van der Waals surface area (Å²) in [5, 5.41) is 0. The summed E-state index contributed by atoms with van der Waals surface area (Å²) in [6, 6.07) is 0. The van der Waals surface area contributed by atoms with Gasteiger partial charge in [-0.05, 0) is 49.4 Å². The Bertz CT molecular complexity index is 334. The van der Waals surface area contributed by atoms with Crippen LogP contribution in [0.2, 0.25) is 0 Å². The molecule has 0 aromatic carbocycles. The molecule has 128 valence electrons. The van der Waals surface area contributed by atoms with E-state index in [4.69, 9.17) is 0 Å². The van der Waals surface area contributed by atoms with Crippen LogP contribution in [0.5, 0.6) is 0 Å². The van der Waals surface area contributed by atoms with Gasteiger partial charge < -0.3 is 0 Å². The Morgan fingerprint density at radius 1 is 0.955 bits per heavy atom. The van der Waals surface area contributed by atoms with E-state index >= 15 is 0 Å². The first-order chi connectivity index (χ1) is 10.4. The van der Waals surface area contributed by atoms with Gasteiger partial charge in [0, 0.05) is 0 Å². The maximum absolute atomic E-state index is 4.37. The molecule has 3 atom stereocenters. The Balaban J connectivity index is 2.33. The molecule has 0 aliphatic heterocycles. The van der Waals surface area contributed by atoms with Crippen LogP contribution in [0.25, 0.3) is 0 Å². The summed E-state index contributed by atoms with van der Waals surface area (Å²) in [4.78, 5) is 0. The summed E-state index contributed by atoms with van der Waals surface area (Å²) in [5.74, 6) is 3.30. The maximum atomic E-state index is 4.37. The topological polar surface area (TPSA) is 0 Å². The van der Waals surface area contributed by atoms with Crippen LogP contribution < -0.4 is 0 Å². The molecule has 1 saturated carbocycles. The number of allylic oxidation sites excluding steroid dienone is 2. The van der Waals surface area contributed by atoms with E-state index in [0.717, 1.165) is 30.6 Å². The van der Waals surface area contributed by atoms with Gasteiger partial charge in [0.15, 0.2) is 0 Å². The minimum atomic E-state index is 0.604. The second-order valence-corrected chi connectivity index (χ2v) is 8.24. The predicted octanol–water partition coefficient (Wildman–Crippen LogP) is 7.56. The Morgan fingerprint density at radius 2 is 1.55 bits per heavy atom. The quantitative estimate of drug-likeness (QED) is 0.365. The van der Waals surface area contributed by atoms with Crippen LogP contribution in [0.3, 0.4) is 0 Å². The zero-order valence-electron chi connectivity index (χ0n) is 15.8. The summed E-state index contributed by atoms with van der Waals surface area (Å²) in [6.45, 7) is 17.9. The van der Waals surface area contributed by atoms with E-state index < -0.39 is 0 Å². The first-order valence-corrected chi connectivity index (χ1v) is 9.78. The second kappa shape index (κ2) is 10.3. The summed E-state index contributed by atoms with van der Waals surface area (Å²) in [5.41, 5.74) is 2.87. The van der Waals surface area contributed by atoms with E-state index in [1.807, 2.05) is 0 Å². The van der Waals surface area contributed by atoms with Gasteiger partial charge in [-0.2, -0.15) is 0 Å². The van der Waals surface area contributed by atoms with E-state index in [9.17, 15) is 0 Å². The lowest BCUT2D eigenvalue weighted by molar-refractivity contribution is 0.210. The standard InChI is InChI=1S/C22H40/c1-7-10-21-11-8-9-12-22(21)14-13-18(4)16-20(6)19(5)15-17(2)3/h17,20-22H,4-5,7-16H2,1-3,6H3. The van der Waals surface area contributed by atoms with Crippen LogP contribution in [0.1, 0.15) is 91.9 Å². The first kappa shape index (κ1) is 19.5. The third kappa shape index (κ3) is 7.16. The maximum Gasteiger partial charge on any atom is -0.0197 e. The fourth-order valence-corrected chi connectivity index (χ4v) is 4.21. The molecule has 0 saturated heterocycles. The highest BCUT2D eigenvalue weighted by molar-refractivity contribution is 5.07. The molecule has 1 fully saturated rings. The van der Waals surface area contributed by atoms with E-state index in [1.54, 1.807) is 0 Å². The van der Waals surface area contributed by atoms with Gasteiger partial charge in [0.05, 0.1) is 0 Å². The monoisotopic (exact) mass is 304 g/mol. The third-order valence-electron chi connectivity index (χ3n) is 5.56. The Hall–Kier alpha value is -0.520. The molecule has 3 unspecified atom stereocenters. The lowest BCUT2D eigenvalue weighted by Gasteiger charge is -2.32. The van der Waals surface area contributed by atoms with Crippen molar-refractivity contribution in [1.82, 2.24) is 0 Å². The minimum absolute atomic E-state index is 0.604. The van der Waals surface area contributed by atoms with Crippen LogP contribution in [-0.2, 0) is 0 Å². The molecular formula is C22H40. The SMILES string of the molecule is C=C(CCC1CCCCC1CCC)CC(C)C(=C)CC(C)C. The van der Waals surface area contributed by atoms with Crippen molar-refractivity contribution in [2.75, 3.05) is 0 Å². The van der Waals surface area contributed by atoms with Gasteiger partial charge >= 0.3 is 0 Å². The van der Waals surface area contributed by atoms with Crippen LogP contribution in [0, 0.1) is 23.7 Å². The van der Waals surface area contributed by atoms with E-state index in [0.29, 0.717) is 5.92 Å². The molecule has 22 heavy (non-hydrogen) atoms. The van der Waals surface area contributed by atoms with Crippen molar-refractivity contribution in [2.24, 2.45) is 23.7 Å². The molecule has 0 aromatic heterocycles. The van der Waals surface area contributed by atoms with E-state index in [1.165, 1.54) is 62.5 Å². The van der Waals surface area contributed by atoms with Crippen molar-refractivity contribution >= 4 is 0 Å².